The fraction of sp³-hybridized carbons (Fsp3) is 1.00. The molecule has 0 spiro atoms. The zero-order valence-electron chi connectivity index (χ0n) is 9.38. The summed E-state index contributed by atoms with van der Waals surface area (Å²) in [7, 11) is 1.74. The summed E-state index contributed by atoms with van der Waals surface area (Å²) in [6.07, 6.45) is 0. The number of ether oxygens (including phenoxy) is 2. The van der Waals surface area contributed by atoms with E-state index in [1.54, 1.807) is 7.11 Å². The number of hydrogen-bond acceptors (Lipinski definition) is 3. The van der Waals surface area contributed by atoms with Gasteiger partial charge in [0, 0.05) is 13.7 Å². The summed E-state index contributed by atoms with van der Waals surface area (Å²) in [6.45, 7) is 10.8. The molecule has 0 aromatic heterocycles. The first kappa shape index (κ1) is 12.9. The molecule has 0 aromatic rings. The van der Waals surface area contributed by atoms with Crippen molar-refractivity contribution in [1.82, 2.24) is 4.90 Å². The van der Waals surface area contributed by atoms with Crippen molar-refractivity contribution in [2.45, 2.75) is 26.8 Å². The third-order valence-corrected chi connectivity index (χ3v) is 2.20. The van der Waals surface area contributed by atoms with Gasteiger partial charge in [-0.05, 0) is 20.0 Å². The average molecular weight is 189 g/mol. The first-order valence-electron chi connectivity index (χ1n) is 5.10. The Morgan fingerprint density at radius 1 is 1.08 bits per heavy atom. The Morgan fingerprint density at radius 3 is 2.08 bits per heavy atom. The quantitative estimate of drug-likeness (QED) is 0.576. The van der Waals surface area contributed by atoms with E-state index < -0.39 is 0 Å². The van der Waals surface area contributed by atoms with Gasteiger partial charge in [0.1, 0.15) is 0 Å². The molecule has 3 nitrogen and oxygen atoms in total. The minimum Gasteiger partial charge on any atom is -0.383 e. The standard InChI is InChI=1S/C10H23NO2/c1-5-11(6-2)10(8-12-4)9-13-7-3/h10H,5-9H2,1-4H3. The first-order chi connectivity index (χ1) is 6.29. The molecule has 0 N–H and O–H groups in total. The summed E-state index contributed by atoms with van der Waals surface area (Å²) in [5.41, 5.74) is 0. The number of rotatable bonds is 8. The lowest BCUT2D eigenvalue weighted by molar-refractivity contribution is 0.0263. The van der Waals surface area contributed by atoms with E-state index >= 15 is 0 Å². The molecule has 0 fully saturated rings. The summed E-state index contributed by atoms with van der Waals surface area (Å²) < 4.78 is 10.6. The minimum absolute atomic E-state index is 0.403. The van der Waals surface area contributed by atoms with Crippen LogP contribution in [0.3, 0.4) is 0 Å². The topological polar surface area (TPSA) is 21.7 Å². The molecule has 3 heteroatoms. The Hall–Kier alpha value is -0.120. The predicted molar refractivity (Wildman–Crippen MR) is 55.1 cm³/mol. The second-order valence-electron chi connectivity index (χ2n) is 2.99. The second-order valence-corrected chi connectivity index (χ2v) is 2.99. The fourth-order valence-electron chi connectivity index (χ4n) is 1.45. The van der Waals surface area contributed by atoms with Crippen molar-refractivity contribution < 1.29 is 9.47 Å². The summed E-state index contributed by atoms with van der Waals surface area (Å²) in [4.78, 5) is 2.36. The Morgan fingerprint density at radius 2 is 1.69 bits per heavy atom. The van der Waals surface area contributed by atoms with Crippen molar-refractivity contribution in [3.8, 4) is 0 Å². The van der Waals surface area contributed by atoms with Gasteiger partial charge in [-0.1, -0.05) is 13.8 Å². The molecule has 0 rings (SSSR count). The van der Waals surface area contributed by atoms with Crippen LogP contribution in [0.25, 0.3) is 0 Å². The zero-order chi connectivity index (χ0) is 10.1. The highest BCUT2D eigenvalue weighted by Crippen LogP contribution is 2.00. The predicted octanol–water partition coefficient (Wildman–Crippen LogP) is 1.38. The monoisotopic (exact) mass is 189 g/mol. The number of likely N-dealkylation sites (N-methyl/N-ethyl adjacent to an activating group) is 1. The maximum Gasteiger partial charge on any atom is 0.0644 e. The molecular weight excluding hydrogens is 166 g/mol. The van der Waals surface area contributed by atoms with E-state index in [1.165, 1.54) is 0 Å². The van der Waals surface area contributed by atoms with E-state index in [2.05, 4.69) is 18.7 Å². The van der Waals surface area contributed by atoms with Crippen LogP contribution >= 0.6 is 0 Å². The van der Waals surface area contributed by atoms with E-state index in [0.29, 0.717) is 6.04 Å². The lowest BCUT2D eigenvalue weighted by Crippen LogP contribution is -2.41. The highest BCUT2D eigenvalue weighted by atomic mass is 16.5. The van der Waals surface area contributed by atoms with Crippen molar-refractivity contribution in [3.05, 3.63) is 0 Å². The Bertz CT molecular complexity index is 105. The average Bonchev–Trinajstić information content (AvgIpc) is 2.16. The molecule has 1 unspecified atom stereocenters. The van der Waals surface area contributed by atoms with Crippen molar-refractivity contribution in [2.75, 3.05) is 40.0 Å². The molecule has 0 aliphatic rings. The normalized spacial score (nSPS) is 13.6. The molecule has 0 heterocycles. The van der Waals surface area contributed by atoms with Crippen LogP contribution in [0.1, 0.15) is 20.8 Å². The molecule has 0 saturated heterocycles. The lowest BCUT2D eigenvalue weighted by Gasteiger charge is -2.28. The van der Waals surface area contributed by atoms with Crippen LogP contribution < -0.4 is 0 Å². The third kappa shape index (κ3) is 5.24. The lowest BCUT2D eigenvalue weighted by atomic mass is 10.3. The zero-order valence-corrected chi connectivity index (χ0v) is 9.38. The van der Waals surface area contributed by atoms with Crippen LogP contribution in [-0.2, 0) is 9.47 Å². The maximum absolute atomic E-state index is 5.41. The Labute approximate surface area is 82.0 Å². The second kappa shape index (κ2) is 8.48. The van der Waals surface area contributed by atoms with Gasteiger partial charge in [0.15, 0.2) is 0 Å². The van der Waals surface area contributed by atoms with Gasteiger partial charge in [-0.2, -0.15) is 0 Å². The summed E-state index contributed by atoms with van der Waals surface area (Å²) >= 11 is 0. The summed E-state index contributed by atoms with van der Waals surface area (Å²) in [6, 6.07) is 0.403. The maximum atomic E-state index is 5.41. The van der Waals surface area contributed by atoms with Gasteiger partial charge in [-0.25, -0.2) is 0 Å². The van der Waals surface area contributed by atoms with Crippen LogP contribution in [0.5, 0.6) is 0 Å². The molecule has 80 valence electrons. The SMILES string of the molecule is CCOCC(COC)N(CC)CC. The van der Waals surface area contributed by atoms with Gasteiger partial charge in [-0.3, -0.25) is 4.90 Å². The van der Waals surface area contributed by atoms with Gasteiger partial charge in [0.05, 0.1) is 19.3 Å². The van der Waals surface area contributed by atoms with Crippen molar-refractivity contribution in [1.29, 1.82) is 0 Å². The van der Waals surface area contributed by atoms with Crippen molar-refractivity contribution >= 4 is 0 Å². The summed E-state index contributed by atoms with van der Waals surface area (Å²) in [5.74, 6) is 0. The summed E-state index contributed by atoms with van der Waals surface area (Å²) in [5, 5.41) is 0. The minimum atomic E-state index is 0.403. The highest BCUT2D eigenvalue weighted by molar-refractivity contribution is 4.68. The molecule has 0 aliphatic heterocycles. The van der Waals surface area contributed by atoms with Gasteiger partial charge < -0.3 is 9.47 Å². The van der Waals surface area contributed by atoms with Crippen LogP contribution in [0.4, 0.5) is 0 Å². The largest absolute Gasteiger partial charge is 0.383 e. The number of hydrogen-bond donors (Lipinski definition) is 0. The molecule has 0 aromatic carbocycles. The van der Waals surface area contributed by atoms with E-state index in [-0.39, 0.29) is 0 Å². The van der Waals surface area contributed by atoms with Crippen LogP contribution in [0.2, 0.25) is 0 Å². The fourth-order valence-corrected chi connectivity index (χ4v) is 1.45. The van der Waals surface area contributed by atoms with Crippen molar-refractivity contribution in [2.24, 2.45) is 0 Å². The first-order valence-corrected chi connectivity index (χ1v) is 5.10. The molecule has 0 aliphatic carbocycles. The molecule has 1 atom stereocenters. The van der Waals surface area contributed by atoms with Gasteiger partial charge in [0.25, 0.3) is 0 Å². The molecule has 0 radical (unpaired) electrons. The molecule has 0 amide bonds. The van der Waals surface area contributed by atoms with Crippen molar-refractivity contribution in [3.63, 3.8) is 0 Å². The number of methoxy groups -OCH3 is 1. The van der Waals surface area contributed by atoms with E-state index in [9.17, 15) is 0 Å². The van der Waals surface area contributed by atoms with E-state index in [0.717, 1.165) is 32.9 Å². The van der Waals surface area contributed by atoms with Crippen LogP contribution in [0.15, 0.2) is 0 Å². The Kier molecular flexibility index (Phi) is 8.40. The van der Waals surface area contributed by atoms with Gasteiger partial charge in [0.2, 0.25) is 0 Å². The molecule has 0 saturated carbocycles. The molecular formula is C10H23NO2. The van der Waals surface area contributed by atoms with Gasteiger partial charge in [-0.15, -0.1) is 0 Å². The molecule has 13 heavy (non-hydrogen) atoms. The van der Waals surface area contributed by atoms with E-state index in [1.807, 2.05) is 6.92 Å². The Balaban J connectivity index is 3.88. The highest BCUT2D eigenvalue weighted by Gasteiger charge is 2.14. The third-order valence-electron chi connectivity index (χ3n) is 2.20. The number of nitrogens with zero attached hydrogens (tertiary/aromatic N) is 1. The molecule has 0 bridgehead atoms. The van der Waals surface area contributed by atoms with Crippen LogP contribution in [-0.4, -0.2) is 51.0 Å². The van der Waals surface area contributed by atoms with Gasteiger partial charge >= 0.3 is 0 Å². The van der Waals surface area contributed by atoms with E-state index in [4.69, 9.17) is 9.47 Å². The van der Waals surface area contributed by atoms with Crippen LogP contribution in [0, 0.1) is 0 Å². The smallest absolute Gasteiger partial charge is 0.0644 e.